The topological polar surface area (TPSA) is 101 Å². The largest absolute Gasteiger partial charge is 0.325 e. The standard InChI is InChI=1S/C23H22N8S/c1-15-3-2-4-17(28-15)23-26-12-8-20(31-23)29-19-7-11-25-21(30-19)13-22-27-14-18(32-22)16-5-9-24-10-6-16/h2-5,7-8,11-12,14,24H,6,9-10,13H2,1H3,(H,25,26,29,30,31). The van der Waals surface area contributed by atoms with Crippen molar-refractivity contribution in [3.63, 3.8) is 0 Å². The fourth-order valence-corrected chi connectivity index (χ4v) is 4.41. The zero-order valence-electron chi connectivity index (χ0n) is 17.6. The molecule has 5 heterocycles. The molecular formula is C23H22N8S. The van der Waals surface area contributed by atoms with Gasteiger partial charge in [0.2, 0.25) is 0 Å². The lowest BCUT2D eigenvalue weighted by molar-refractivity contribution is 0.739. The Kier molecular flexibility index (Phi) is 5.91. The van der Waals surface area contributed by atoms with E-state index in [0.29, 0.717) is 29.7 Å². The second-order valence-electron chi connectivity index (χ2n) is 7.39. The number of nitrogens with zero attached hydrogens (tertiary/aromatic N) is 6. The average molecular weight is 443 g/mol. The molecule has 0 aliphatic carbocycles. The van der Waals surface area contributed by atoms with Crippen molar-refractivity contribution in [1.29, 1.82) is 0 Å². The van der Waals surface area contributed by atoms with Gasteiger partial charge in [-0.25, -0.2) is 29.9 Å². The molecule has 2 N–H and O–H groups in total. The zero-order chi connectivity index (χ0) is 21.8. The van der Waals surface area contributed by atoms with Gasteiger partial charge in [0.15, 0.2) is 5.82 Å². The smallest absolute Gasteiger partial charge is 0.180 e. The molecule has 1 aliphatic rings. The minimum absolute atomic E-state index is 0.565. The first kappa shape index (κ1) is 20.3. The van der Waals surface area contributed by atoms with Gasteiger partial charge in [-0.15, -0.1) is 11.3 Å². The van der Waals surface area contributed by atoms with Crippen LogP contribution in [-0.4, -0.2) is 43.0 Å². The van der Waals surface area contributed by atoms with E-state index >= 15 is 0 Å². The van der Waals surface area contributed by atoms with Crippen LogP contribution in [0, 0.1) is 6.92 Å². The summed E-state index contributed by atoms with van der Waals surface area (Å²) in [6.45, 7) is 3.88. The molecule has 0 spiro atoms. The molecule has 0 atom stereocenters. The van der Waals surface area contributed by atoms with Crippen molar-refractivity contribution >= 4 is 28.5 Å². The molecule has 0 unspecified atom stereocenters. The number of hydrogen-bond donors (Lipinski definition) is 2. The summed E-state index contributed by atoms with van der Waals surface area (Å²) in [5.74, 6) is 2.60. The Hall–Kier alpha value is -3.56. The molecular weight excluding hydrogens is 420 g/mol. The van der Waals surface area contributed by atoms with E-state index < -0.39 is 0 Å². The van der Waals surface area contributed by atoms with Gasteiger partial charge in [0, 0.05) is 30.8 Å². The molecule has 4 aromatic rings. The number of rotatable bonds is 6. The van der Waals surface area contributed by atoms with Gasteiger partial charge in [-0.2, -0.15) is 0 Å². The average Bonchev–Trinajstić information content (AvgIpc) is 3.29. The van der Waals surface area contributed by atoms with Gasteiger partial charge in [-0.3, -0.25) is 0 Å². The maximum Gasteiger partial charge on any atom is 0.180 e. The maximum atomic E-state index is 4.65. The fraction of sp³-hybridized carbons (Fsp3) is 0.217. The van der Waals surface area contributed by atoms with Crippen LogP contribution in [0.25, 0.3) is 17.1 Å². The molecule has 0 bridgehead atoms. The van der Waals surface area contributed by atoms with Crippen LogP contribution in [0.3, 0.4) is 0 Å². The monoisotopic (exact) mass is 442 g/mol. The summed E-state index contributed by atoms with van der Waals surface area (Å²) >= 11 is 1.71. The van der Waals surface area contributed by atoms with Gasteiger partial charge < -0.3 is 10.6 Å². The van der Waals surface area contributed by atoms with Crippen molar-refractivity contribution in [3.05, 3.63) is 76.4 Å². The van der Waals surface area contributed by atoms with Crippen molar-refractivity contribution in [2.24, 2.45) is 0 Å². The van der Waals surface area contributed by atoms with E-state index in [1.54, 1.807) is 29.8 Å². The zero-order valence-corrected chi connectivity index (χ0v) is 18.4. The molecule has 0 radical (unpaired) electrons. The van der Waals surface area contributed by atoms with Crippen LogP contribution in [0.4, 0.5) is 11.6 Å². The van der Waals surface area contributed by atoms with Gasteiger partial charge in [-0.05, 0) is 49.7 Å². The van der Waals surface area contributed by atoms with Crippen molar-refractivity contribution in [3.8, 4) is 11.5 Å². The van der Waals surface area contributed by atoms with Crippen LogP contribution in [-0.2, 0) is 6.42 Å². The van der Waals surface area contributed by atoms with Crippen LogP contribution in [0.2, 0.25) is 0 Å². The number of nitrogens with one attached hydrogen (secondary N) is 2. The molecule has 0 saturated carbocycles. The van der Waals surface area contributed by atoms with E-state index in [1.165, 1.54) is 10.5 Å². The SMILES string of the molecule is Cc1cccc(-c2nccc(Nc3ccnc(Cc4ncc(C5=CCNCC5)s4)n3)n2)n1. The molecule has 32 heavy (non-hydrogen) atoms. The Morgan fingerprint density at radius 3 is 2.72 bits per heavy atom. The lowest BCUT2D eigenvalue weighted by atomic mass is 10.1. The second-order valence-corrected chi connectivity index (χ2v) is 8.51. The third-order valence-electron chi connectivity index (χ3n) is 4.98. The van der Waals surface area contributed by atoms with E-state index in [2.05, 4.69) is 46.6 Å². The van der Waals surface area contributed by atoms with E-state index in [0.717, 1.165) is 35.9 Å². The molecule has 0 amide bonds. The summed E-state index contributed by atoms with van der Waals surface area (Å²) in [4.78, 5) is 28.3. The highest BCUT2D eigenvalue weighted by Crippen LogP contribution is 2.26. The fourth-order valence-electron chi connectivity index (χ4n) is 3.43. The summed E-state index contributed by atoms with van der Waals surface area (Å²) in [5, 5.41) is 7.60. The second kappa shape index (κ2) is 9.29. The summed E-state index contributed by atoms with van der Waals surface area (Å²) in [5.41, 5.74) is 3.03. The van der Waals surface area contributed by atoms with Crippen LogP contribution in [0.15, 0.2) is 55.0 Å². The van der Waals surface area contributed by atoms with Gasteiger partial charge >= 0.3 is 0 Å². The van der Waals surface area contributed by atoms with Crippen molar-refractivity contribution in [1.82, 2.24) is 35.2 Å². The first-order valence-electron chi connectivity index (χ1n) is 10.4. The molecule has 5 rings (SSSR count). The van der Waals surface area contributed by atoms with Crippen LogP contribution < -0.4 is 10.6 Å². The van der Waals surface area contributed by atoms with E-state index in [4.69, 9.17) is 0 Å². The van der Waals surface area contributed by atoms with Crippen molar-refractivity contribution < 1.29 is 0 Å². The van der Waals surface area contributed by atoms with Gasteiger partial charge in [0.25, 0.3) is 0 Å². The van der Waals surface area contributed by atoms with Gasteiger partial charge in [0.05, 0.1) is 11.3 Å². The molecule has 0 aromatic carbocycles. The molecule has 4 aromatic heterocycles. The number of anilines is 2. The molecule has 160 valence electrons. The highest BCUT2D eigenvalue weighted by molar-refractivity contribution is 7.12. The van der Waals surface area contributed by atoms with Crippen LogP contribution in [0.1, 0.15) is 27.8 Å². The Morgan fingerprint density at radius 1 is 1.00 bits per heavy atom. The lowest BCUT2D eigenvalue weighted by Crippen LogP contribution is -2.19. The van der Waals surface area contributed by atoms with Crippen LogP contribution >= 0.6 is 11.3 Å². The highest BCUT2D eigenvalue weighted by atomic mass is 32.1. The molecule has 8 nitrogen and oxygen atoms in total. The Balaban J connectivity index is 1.30. The number of pyridine rings is 1. The summed E-state index contributed by atoms with van der Waals surface area (Å²) in [6, 6.07) is 9.42. The minimum Gasteiger partial charge on any atom is -0.325 e. The van der Waals surface area contributed by atoms with Crippen molar-refractivity contribution in [2.45, 2.75) is 19.8 Å². The van der Waals surface area contributed by atoms with E-state index in [9.17, 15) is 0 Å². The van der Waals surface area contributed by atoms with Crippen LogP contribution in [0.5, 0.6) is 0 Å². The summed E-state index contributed by atoms with van der Waals surface area (Å²) in [6.07, 6.45) is 9.29. The van der Waals surface area contributed by atoms with Gasteiger partial charge in [0.1, 0.15) is 28.2 Å². The third-order valence-corrected chi connectivity index (χ3v) is 6.05. The maximum absolute atomic E-state index is 4.65. The Bertz CT molecular complexity index is 1270. The van der Waals surface area contributed by atoms with E-state index in [-0.39, 0.29) is 0 Å². The minimum atomic E-state index is 0.565. The normalized spacial score (nSPS) is 13.6. The predicted molar refractivity (Wildman–Crippen MR) is 126 cm³/mol. The number of aromatic nitrogens is 6. The Labute approximate surface area is 190 Å². The number of hydrogen-bond acceptors (Lipinski definition) is 9. The first-order valence-corrected chi connectivity index (χ1v) is 11.3. The molecule has 9 heteroatoms. The summed E-state index contributed by atoms with van der Waals surface area (Å²) in [7, 11) is 0. The number of aryl methyl sites for hydroxylation is 1. The number of thiazole rings is 1. The van der Waals surface area contributed by atoms with Gasteiger partial charge in [-0.1, -0.05) is 12.1 Å². The quantitative estimate of drug-likeness (QED) is 0.465. The molecule has 1 aliphatic heterocycles. The lowest BCUT2D eigenvalue weighted by Gasteiger charge is -2.11. The summed E-state index contributed by atoms with van der Waals surface area (Å²) < 4.78 is 0. The highest BCUT2D eigenvalue weighted by Gasteiger charge is 2.12. The van der Waals surface area contributed by atoms with E-state index in [1.807, 2.05) is 37.4 Å². The van der Waals surface area contributed by atoms with Crippen molar-refractivity contribution in [2.75, 3.05) is 18.4 Å². The predicted octanol–water partition coefficient (Wildman–Crippen LogP) is 3.80. The molecule has 0 fully saturated rings. The Morgan fingerprint density at radius 2 is 1.88 bits per heavy atom. The third kappa shape index (κ3) is 4.84. The molecule has 0 saturated heterocycles. The first-order chi connectivity index (χ1) is 15.7.